The molecule has 0 amide bonds. The van der Waals surface area contributed by atoms with Crippen molar-refractivity contribution in [3.63, 3.8) is 0 Å². The van der Waals surface area contributed by atoms with Gasteiger partial charge in [-0.3, -0.25) is 0 Å². The van der Waals surface area contributed by atoms with Crippen LogP contribution in [-0.2, 0) is 6.54 Å². The van der Waals surface area contributed by atoms with Gasteiger partial charge < -0.3 is 15.0 Å². The highest BCUT2D eigenvalue weighted by atomic mass is 16.5. The van der Waals surface area contributed by atoms with Crippen LogP contribution in [0, 0.1) is 5.92 Å². The van der Waals surface area contributed by atoms with Crippen LogP contribution in [0.4, 0.5) is 0 Å². The molecule has 21 heavy (non-hydrogen) atoms. The van der Waals surface area contributed by atoms with E-state index in [0.29, 0.717) is 5.54 Å². The van der Waals surface area contributed by atoms with Crippen LogP contribution < -0.4 is 10.1 Å². The summed E-state index contributed by atoms with van der Waals surface area (Å²) in [7, 11) is 6.17. The molecule has 1 N–H and O–H groups in total. The average molecular weight is 290 g/mol. The normalized spacial score (nSPS) is 26.0. The largest absolute Gasteiger partial charge is 0.497 e. The van der Waals surface area contributed by atoms with E-state index in [9.17, 15) is 0 Å². The van der Waals surface area contributed by atoms with Crippen molar-refractivity contribution in [2.24, 2.45) is 5.92 Å². The smallest absolute Gasteiger partial charge is 0.119 e. The highest BCUT2D eigenvalue weighted by Crippen LogP contribution is 2.35. The number of methoxy groups -OCH3 is 1. The molecule has 1 aliphatic rings. The van der Waals surface area contributed by atoms with Crippen LogP contribution in [-0.4, -0.2) is 38.2 Å². The Kier molecular flexibility index (Phi) is 5.65. The Morgan fingerprint density at radius 1 is 1.38 bits per heavy atom. The number of nitrogens with one attached hydrogen (secondary N) is 1. The van der Waals surface area contributed by atoms with Crippen molar-refractivity contribution in [1.29, 1.82) is 0 Å². The average Bonchev–Trinajstić information content (AvgIpc) is 2.47. The van der Waals surface area contributed by atoms with Crippen LogP contribution in [0.5, 0.6) is 5.75 Å². The monoisotopic (exact) mass is 290 g/mol. The second-order valence-electron chi connectivity index (χ2n) is 6.78. The zero-order valence-electron chi connectivity index (χ0n) is 14.0. The predicted octanol–water partition coefficient (Wildman–Crippen LogP) is 3.30. The SMILES string of the molecule is COc1cccc(CNCC2(N(C)C)CCCC(C)C2)c1. The minimum Gasteiger partial charge on any atom is -0.497 e. The van der Waals surface area contributed by atoms with Gasteiger partial charge in [-0.15, -0.1) is 0 Å². The number of rotatable bonds is 6. The molecule has 0 aromatic heterocycles. The van der Waals surface area contributed by atoms with E-state index in [-0.39, 0.29) is 0 Å². The van der Waals surface area contributed by atoms with Gasteiger partial charge >= 0.3 is 0 Å². The Bertz CT molecular complexity index is 447. The zero-order valence-corrected chi connectivity index (χ0v) is 14.0. The van der Waals surface area contributed by atoms with Crippen molar-refractivity contribution in [2.45, 2.75) is 44.7 Å². The van der Waals surface area contributed by atoms with E-state index < -0.39 is 0 Å². The molecule has 3 heteroatoms. The quantitative estimate of drug-likeness (QED) is 0.870. The van der Waals surface area contributed by atoms with E-state index in [0.717, 1.165) is 24.8 Å². The van der Waals surface area contributed by atoms with Crippen molar-refractivity contribution in [3.05, 3.63) is 29.8 Å². The molecule has 118 valence electrons. The van der Waals surface area contributed by atoms with E-state index in [2.05, 4.69) is 49.4 Å². The van der Waals surface area contributed by atoms with Gasteiger partial charge in [0, 0.05) is 18.6 Å². The Morgan fingerprint density at radius 2 is 2.19 bits per heavy atom. The van der Waals surface area contributed by atoms with Gasteiger partial charge in [-0.1, -0.05) is 31.9 Å². The fourth-order valence-electron chi connectivity index (χ4n) is 3.58. The van der Waals surface area contributed by atoms with Gasteiger partial charge in [0.15, 0.2) is 0 Å². The Balaban J connectivity index is 1.93. The van der Waals surface area contributed by atoms with Crippen molar-refractivity contribution in [1.82, 2.24) is 10.2 Å². The van der Waals surface area contributed by atoms with Crippen molar-refractivity contribution in [2.75, 3.05) is 27.7 Å². The molecule has 3 nitrogen and oxygen atoms in total. The third-order valence-electron chi connectivity index (χ3n) is 4.93. The lowest BCUT2D eigenvalue weighted by molar-refractivity contribution is 0.0749. The van der Waals surface area contributed by atoms with Crippen LogP contribution in [0.2, 0.25) is 0 Å². The molecule has 1 aliphatic carbocycles. The molecule has 1 saturated carbocycles. The third kappa shape index (κ3) is 4.21. The molecule has 2 unspecified atom stereocenters. The summed E-state index contributed by atoms with van der Waals surface area (Å²) in [4.78, 5) is 2.43. The van der Waals surface area contributed by atoms with Crippen molar-refractivity contribution >= 4 is 0 Å². The standard InChI is InChI=1S/C18H30N2O/c1-15-7-6-10-18(12-15,20(2)3)14-19-13-16-8-5-9-17(11-16)21-4/h5,8-9,11,15,19H,6-7,10,12-14H2,1-4H3. The summed E-state index contributed by atoms with van der Waals surface area (Å²) < 4.78 is 5.29. The van der Waals surface area contributed by atoms with Gasteiger partial charge in [-0.05, 0) is 50.6 Å². The zero-order chi connectivity index (χ0) is 15.3. The summed E-state index contributed by atoms with van der Waals surface area (Å²) in [6.07, 6.45) is 5.33. The van der Waals surface area contributed by atoms with Crippen LogP contribution in [0.1, 0.15) is 38.2 Å². The molecule has 2 rings (SSSR count). The van der Waals surface area contributed by atoms with E-state index in [4.69, 9.17) is 4.74 Å². The second-order valence-corrected chi connectivity index (χ2v) is 6.78. The second kappa shape index (κ2) is 7.28. The highest BCUT2D eigenvalue weighted by Gasteiger charge is 2.36. The Labute approximate surface area is 129 Å². The number of likely N-dealkylation sites (N-methyl/N-ethyl adjacent to an activating group) is 1. The van der Waals surface area contributed by atoms with E-state index in [1.165, 1.54) is 31.2 Å². The summed E-state index contributed by atoms with van der Waals surface area (Å²) >= 11 is 0. The van der Waals surface area contributed by atoms with E-state index >= 15 is 0 Å². The summed E-state index contributed by atoms with van der Waals surface area (Å²) in [6, 6.07) is 8.31. The first-order chi connectivity index (χ1) is 10.1. The number of hydrogen-bond acceptors (Lipinski definition) is 3. The first-order valence-electron chi connectivity index (χ1n) is 8.07. The Hall–Kier alpha value is -1.06. The van der Waals surface area contributed by atoms with Gasteiger partial charge in [0.25, 0.3) is 0 Å². The Morgan fingerprint density at radius 3 is 2.86 bits per heavy atom. The molecular weight excluding hydrogens is 260 g/mol. The van der Waals surface area contributed by atoms with Gasteiger partial charge in [-0.25, -0.2) is 0 Å². The van der Waals surface area contributed by atoms with Gasteiger partial charge in [0.05, 0.1) is 7.11 Å². The van der Waals surface area contributed by atoms with Crippen LogP contribution >= 0.6 is 0 Å². The minimum atomic E-state index is 0.316. The summed E-state index contributed by atoms with van der Waals surface area (Å²) in [6.45, 7) is 4.35. The van der Waals surface area contributed by atoms with Gasteiger partial charge in [0.1, 0.15) is 5.75 Å². The van der Waals surface area contributed by atoms with Crippen molar-refractivity contribution in [3.8, 4) is 5.75 Å². The molecule has 0 radical (unpaired) electrons. The molecule has 0 bridgehead atoms. The van der Waals surface area contributed by atoms with Crippen LogP contribution in [0.25, 0.3) is 0 Å². The maximum atomic E-state index is 5.29. The molecule has 0 saturated heterocycles. The van der Waals surface area contributed by atoms with Crippen molar-refractivity contribution < 1.29 is 4.74 Å². The fourth-order valence-corrected chi connectivity index (χ4v) is 3.58. The number of benzene rings is 1. The highest BCUT2D eigenvalue weighted by molar-refractivity contribution is 5.28. The predicted molar refractivity (Wildman–Crippen MR) is 88.8 cm³/mol. The topological polar surface area (TPSA) is 24.5 Å². The number of hydrogen-bond donors (Lipinski definition) is 1. The van der Waals surface area contributed by atoms with Gasteiger partial charge in [0.2, 0.25) is 0 Å². The number of nitrogens with zero attached hydrogens (tertiary/aromatic N) is 1. The molecule has 0 heterocycles. The van der Waals surface area contributed by atoms with Crippen LogP contribution in [0.3, 0.4) is 0 Å². The lowest BCUT2D eigenvalue weighted by Crippen LogP contribution is -2.54. The fraction of sp³-hybridized carbons (Fsp3) is 0.667. The summed E-state index contributed by atoms with van der Waals surface area (Å²) in [5, 5.41) is 3.67. The molecule has 1 fully saturated rings. The lowest BCUT2D eigenvalue weighted by atomic mass is 9.75. The summed E-state index contributed by atoms with van der Waals surface area (Å²) in [5.74, 6) is 1.77. The molecular formula is C18H30N2O. The van der Waals surface area contributed by atoms with E-state index in [1.807, 2.05) is 6.07 Å². The van der Waals surface area contributed by atoms with Crippen LogP contribution in [0.15, 0.2) is 24.3 Å². The summed E-state index contributed by atoms with van der Waals surface area (Å²) in [5.41, 5.74) is 1.60. The molecule has 1 aromatic rings. The van der Waals surface area contributed by atoms with E-state index in [1.54, 1.807) is 7.11 Å². The first kappa shape index (κ1) is 16.3. The molecule has 2 atom stereocenters. The maximum absolute atomic E-state index is 5.29. The minimum absolute atomic E-state index is 0.316. The molecule has 0 spiro atoms. The molecule has 0 aliphatic heterocycles. The molecule has 1 aromatic carbocycles. The third-order valence-corrected chi connectivity index (χ3v) is 4.93. The first-order valence-corrected chi connectivity index (χ1v) is 8.07. The number of ether oxygens (including phenoxy) is 1. The maximum Gasteiger partial charge on any atom is 0.119 e. The van der Waals surface area contributed by atoms with Gasteiger partial charge in [-0.2, -0.15) is 0 Å². The lowest BCUT2D eigenvalue weighted by Gasteiger charge is -2.45.